The van der Waals surface area contributed by atoms with Crippen LogP contribution in [0.2, 0.25) is 0 Å². The molecule has 0 bridgehead atoms. The van der Waals surface area contributed by atoms with Gasteiger partial charge < -0.3 is 19.0 Å². The standard InChI is InChI=1S/C20H26O4/c1-7-22-15-13-10-12(21)8-9-14(13)24-16(15)17-18(19(2,3)4)20(5,6)11-23-17/h8-10,21H,7,11H2,1-6H3. The van der Waals surface area contributed by atoms with E-state index < -0.39 is 0 Å². The summed E-state index contributed by atoms with van der Waals surface area (Å²) in [6, 6.07) is 5.04. The minimum absolute atomic E-state index is 0.0556. The molecule has 2 aromatic rings. The Morgan fingerprint density at radius 2 is 1.96 bits per heavy atom. The van der Waals surface area contributed by atoms with Crippen molar-refractivity contribution in [2.45, 2.75) is 41.5 Å². The van der Waals surface area contributed by atoms with E-state index >= 15 is 0 Å². The Morgan fingerprint density at radius 3 is 2.58 bits per heavy atom. The van der Waals surface area contributed by atoms with Crippen LogP contribution in [0.1, 0.15) is 47.3 Å². The summed E-state index contributed by atoms with van der Waals surface area (Å²) in [6.45, 7) is 14.0. The van der Waals surface area contributed by atoms with Crippen LogP contribution in [-0.4, -0.2) is 18.3 Å². The van der Waals surface area contributed by atoms with Crippen molar-refractivity contribution in [1.29, 1.82) is 0 Å². The van der Waals surface area contributed by atoms with E-state index in [4.69, 9.17) is 13.9 Å². The van der Waals surface area contributed by atoms with Gasteiger partial charge in [-0.05, 0) is 36.1 Å². The van der Waals surface area contributed by atoms with Crippen molar-refractivity contribution in [2.75, 3.05) is 13.2 Å². The summed E-state index contributed by atoms with van der Waals surface area (Å²) in [4.78, 5) is 0. The van der Waals surface area contributed by atoms with E-state index in [0.717, 1.165) is 11.1 Å². The Kier molecular flexibility index (Phi) is 3.82. The van der Waals surface area contributed by atoms with Crippen LogP contribution in [0.15, 0.2) is 28.2 Å². The first kappa shape index (κ1) is 16.7. The van der Waals surface area contributed by atoms with Crippen LogP contribution in [0.5, 0.6) is 11.5 Å². The third-order valence-electron chi connectivity index (χ3n) is 4.35. The number of phenolic OH excluding ortho intramolecular Hbond substituents is 1. The summed E-state index contributed by atoms with van der Waals surface area (Å²) in [5.74, 6) is 2.21. The summed E-state index contributed by atoms with van der Waals surface area (Å²) < 4.78 is 18.0. The van der Waals surface area contributed by atoms with Gasteiger partial charge in [0.1, 0.15) is 11.3 Å². The lowest BCUT2D eigenvalue weighted by molar-refractivity contribution is 0.209. The van der Waals surface area contributed by atoms with Gasteiger partial charge >= 0.3 is 0 Å². The van der Waals surface area contributed by atoms with E-state index in [-0.39, 0.29) is 16.6 Å². The number of benzene rings is 1. The lowest BCUT2D eigenvalue weighted by Crippen LogP contribution is -2.24. The van der Waals surface area contributed by atoms with Gasteiger partial charge in [0.05, 0.1) is 18.6 Å². The zero-order chi connectivity index (χ0) is 17.7. The van der Waals surface area contributed by atoms with Crippen LogP contribution >= 0.6 is 0 Å². The van der Waals surface area contributed by atoms with E-state index in [2.05, 4.69) is 34.6 Å². The molecule has 0 atom stereocenters. The molecule has 0 fully saturated rings. The molecule has 4 nitrogen and oxygen atoms in total. The number of furan rings is 1. The van der Waals surface area contributed by atoms with Gasteiger partial charge in [0.15, 0.2) is 11.5 Å². The second-order valence-corrected chi connectivity index (χ2v) is 8.00. The quantitative estimate of drug-likeness (QED) is 0.824. The molecule has 24 heavy (non-hydrogen) atoms. The van der Waals surface area contributed by atoms with Crippen molar-refractivity contribution in [2.24, 2.45) is 10.8 Å². The number of hydrogen-bond acceptors (Lipinski definition) is 4. The first-order valence-corrected chi connectivity index (χ1v) is 8.42. The van der Waals surface area contributed by atoms with Gasteiger partial charge in [-0.15, -0.1) is 0 Å². The first-order chi connectivity index (χ1) is 11.1. The fourth-order valence-electron chi connectivity index (χ4n) is 3.74. The normalized spacial score (nSPS) is 17.4. The van der Waals surface area contributed by atoms with Crippen molar-refractivity contribution >= 4 is 16.7 Å². The van der Waals surface area contributed by atoms with Crippen molar-refractivity contribution in [3.05, 3.63) is 29.5 Å². The van der Waals surface area contributed by atoms with Crippen molar-refractivity contribution in [1.82, 2.24) is 0 Å². The van der Waals surface area contributed by atoms with Crippen molar-refractivity contribution < 1.29 is 19.0 Å². The van der Waals surface area contributed by atoms with Crippen LogP contribution < -0.4 is 4.74 Å². The Bertz CT molecular complexity index is 803. The number of fused-ring (bicyclic) bond motifs is 1. The largest absolute Gasteiger partial charge is 0.508 e. The number of aromatic hydroxyl groups is 1. The lowest BCUT2D eigenvalue weighted by atomic mass is 9.71. The van der Waals surface area contributed by atoms with E-state index in [1.807, 2.05) is 6.92 Å². The Morgan fingerprint density at radius 1 is 1.25 bits per heavy atom. The van der Waals surface area contributed by atoms with Crippen LogP contribution in [0.25, 0.3) is 16.7 Å². The van der Waals surface area contributed by atoms with Gasteiger partial charge in [-0.3, -0.25) is 0 Å². The average Bonchev–Trinajstić information content (AvgIpc) is 2.96. The molecule has 1 aromatic carbocycles. The molecule has 0 amide bonds. The summed E-state index contributed by atoms with van der Waals surface area (Å²) in [5, 5.41) is 10.6. The second-order valence-electron chi connectivity index (χ2n) is 8.00. The predicted octanol–water partition coefficient (Wildman–Crippen LogP) is 5.35. The van der Waals surface area contributed by atoms with E-state index in [0.29, 0.717) is 30.3 Å². The molecule has 0 saturated heterocycles. The van der Waals surface area contributed by atoms with Crippen molar-refractivity contribution in [3.8, 4) is 11.5 Å². The zero-order valence-corrected chi connectivity index (χ0v) is 15.3. The van der Waals surface area contributed by atoms with Crippen LogP contribution in [0.4, 0.5) is 0 Å². The van der Waals surface area contributed by atoms with Crippen molar-refractivity contribution in [3.63, 3.8) is 0 Å². The fraction of sp³-hybridized carbons (Fsp3) is 0.500. The van der Waals surface area contributed by atoms with E-state index in [9.17, 15) is 5.11 Å². The zero-order valence-electron chi connectivity index (χ0n) is 15.3. The molecule has 3 rings (SSSR count). The maximum Gasteiger partial charge on any atom is 0.211 e. The third-order valence-corrected chi connectivity index (χ3v) is 4.35. The Balaban J connectivity index is 2.30. The monoisotopic (exact) mass is 330 g/mol. The van der Waals surface area contributed by atoms with Gasteiger partial charge in [0, 0.05) is 5.41 Å². The van der Waals surface area contributed by atoms with Gasteiger partial charge in [0.25, 0.3) is 0 Å². The number of ether oxygens (including phenoxy) is 2. The highest BCUT2D eigenvalue weighted by molar-refractivity contribution is 5.91. The molecule has 1 aromatic heterocycles. The highest BCUT2D eigenvalue weighted by atomic mass is 16.5. The molecule has 0 unspecified atom stereocenters. The minimum Gasteiger partial charge on any atom is -0.508 e. The summed E-state index contributed by atoms with van der Waals surface area (Å²) in [7, 11) is 0. The minimum atomic E-state index is -0.0712. The molecule has 1 N–H and O–H groups in total. The maximum absolute atomic E-state index is 9.82. The SMILES string of the molecule is CCOc1c(C2=C(C(C)(C)C)C(C)(C)CO2)oc2ccc(O)cc12. The first-order valence-electron chi connectivity index (χ1n) is 8.42. The van der Waals surface area contributed by atoms with Gasteiger partial charge in [-0.25, -0.2) is 0 Å². The summed E-state index contributed by atoms with van der Waals surface area (Å²) >= 11 is 0. The van der Waals surface area contributed by atoms with Crippen LogP contribution in [0.3, 0.4) is 0 Å². The predicted molar refractivity (Wildman–Crippen MR) is 95.2 cm³/mol. The van der Waals surface area contributed by atoms with E-state index in [1.54, 1.807) is 18.2 Å². The lowest BCUT2D eigenvalue weighted by Gasteiger charge is -2.30. The van der Waals surface area contributed by atoms with Gasteiger partial charge in [-0.1, -0.05) is 34.6 Å². The number of rotatable bonds is 3. The molecular formula is C20H26O4. The molecule has 1 aliphatic rings. The Labute approximate surface area is 143 Å². The highest BCUT2D eigenvalue weighted by Crippen LogP contribution is 2.52. The fourth-order valence-corrected chi connectivity index (χ4v) is 3.74. The third kappa shape index (κ3) is 2.64. The molecule has 4 heteroatoms. The topological polar surface area (TPSA) is 51.8 Å². The molecule has 0 radical (unpaired) electrons. The maximum atomic E-state index is 9.82. The molecule has 0 saturated carbocycles. The van der Waals surface area contributed by atoms with E-state index in [1.165, 1.54) is 5.57 Å². The number of phenols is 1. The van der Waals surface area contributed by atoms with Gasteiger partial charge in [0.2, 0.25) is 5.76 Å². The molecule has 0 spiro atoms. The smallest absolute Gasteiger partial charge is 0.211 e. The van der Waals surface area contributed by atoms with Gasteiger partial charge in [-0.2, -0.15) is 0 Å². The summed E-state index contributed by atoms with van der Waals surface area (Å²) in [5.41, 5.74) is 1.78. The molecule has 130 valence electrons. The second kappa shape index (κ2) is 5.47. The van der Waals surface area contributed by atoms with Crippen LogP contribution in [0, 0.1) is 10.8 Å². The molecular weight excluding hydrogens is 304 g/mol. The molecule has 1 aliphatic heterocycles. The Hall–Kier alpha value is -2.10. The average molecular weight is 330 g/mol. The number of hydrogen-bond donors (Lipinski definition) is 1. The summed E-state index contributed by atoms with van der Waals surface area (Å²) in [6.07, 6.45) is 0. The molecule has 0 aliphatic carbocycles. The highest BCUT2D eigenvalue weighted by Gasteiger charge is 2.43. The van der Waals surface area contributed by atoms with Crippen LogP contribution in [-0.2, 0) is 4.74 Å². The molecule has 2 heterocycles.